The second-order valence-electron chi connectivity index (χ2n) is 1.94. The minimum Gasteiger partial charge on any atom is -0.481 e. The third-order valence-corrected chi connectivity index (χ3v) is 1.05. The van der Waals surface area contributed by atoms with Gasteiger partial charge in [0, 0.05) is 5.57 Å². The number of carboxylic acid groups (broad SMARTS) is 2. The number of carboxylic acids is 2. The molecule has 0 unspecified atom stereocenters. The quantitative estimate of drug-likeness (QED) is 0.692. The van der Waals surface area contributed by atoms with E-state index in [1.165, 1.54) is 5.54 Å². The highest BCUT2D eigenvalue weighted by molar-refractivity contribution is 6.25. The van der Waals surface area contributed by atoms with Crippen LogP contribution in [0.3, 0.4) is 0 Å². The molecule has 0 aromatic heterocycles. The molecule has 0 saturated carbocycles. The van der Waals surface area contributed by atoms with Gasteiger partial charge in [0.1, 0.15) is 0 Å². The number of allylic oxidation sites excluding steroid dienone is 1. The summed E-state index contributed by atoms with van der Waals surface area (Å²) < 4.78 is 0. The lowest BCUT2D eigenvalue weighted by Crippen LogP contribution is -2.04. The summed E-state index contributed by atoms with van der Waals surface area (Å²) in [5.74, 6) is -2.44. The average Bonchev–Trinajstić information content (AvgIpc) is 2.03. The largest absolute Gasteiger partial charge is 0.481 e. The van der Waals surface area contributed by atoms with Crippen LogP contribution >= 0.6 is 11.6 Å². The van der Waals surface area contributed by atoms with Gasteiger partial charge in [0.25, 0.3) is 0 Å². The van der Waals surface area contributed by atoms with E-state index >= 15 is 0 Å². The van der Waals surface area contributed by atoms with E-state index in [-0.39, 0.29) is 5.57 Å². The highest BCUT2D eigenvalue weighted by Crippen LogP contribution is 1.95. The van der Waals surface area contributed by atoms with Gasteiger partial charge in [-0.3, -0.25) is 4.79 Å². The van der Waals surface area contributed by atoms with Crippen molar-refractivity contribution in [2.24, 2.45) is 0 Å². The van der Waals surface area contributed by atoms with Gasteiger partial charge >= 0.3 is 11.9 Å². The number of hydrogen-bond acceptors (Lipinski definition) is 2. The highest BCUT2D eigenvalue weighted by atomic mass is 35.5. The van der Waals surface area contributed by atoms with Gasteiger partial charge in [-0.25, -0.2) is 4.79 Å². The zero-order valence-electron chi connectivity index (χ0n) is 7.16. The normalized spacial score (nSPS) is 8.77. The van der Waals surface area contributed by atoms with Crippen molar-refractivity contribution in [2.75, 3.05) is 0 Å². The fourth-order valence-electron chi connectivity index (χ4n) is 0.258. The lowest BCUT2D eigenvalue weighted by atomic mass is 10.2. The summed E-state index contributed by atoms with van der Waals surface area (Å²) in [7, 11) is 0. The number of rotatable bonds is 3. The summed E-state index contributed by atoms with van der Waals surface area (Å²) >= 11 is 5.01. The van der Waals surface area contributed by atoms with Crippen LogP contribution in [0.2, 0.25) is 0 Å². The molecule has 74 valence electrons. The first kappa shape index (κ1) is 14.2. The van der Waals surface area contributed by atoms with Crippen LogP contribution in [0, 0.1) is 0 Å². The molecular formula is C8H11ClO4. The minimum atomic E-state index is -1.27. The molecule has 0 aromatic rings. The molecule has 0 aliphatic carbocycles. The molecule has 4 nitrogen and oxygen atoms in total. The maximum absolute atomic E-state index is 9.87. The number of halogens is 1. The summed E-state index contributed by atoms with van der Waals surface area (Å²) in [4.78, 5) is 19.7. The van der Waals surface area contributed by atoms with Gasteiger partial charge in [0.15, 0.2) is 0 Å². The van der Waals surface area contributed by atoms with E-state index in [0.717, 1.165) is 0 Å². The van der Waals surface area contributed by atoms with Crippen molar-refractivity contribution >= 4 is 23.5 Å². The molecule has 0 radical (unpaired) electrons. The first-order chi connectivity index (χ1) is 5.95. The maximum atomic E-state index is 9.87. The van der Waals surface area contributed by atoms with Crippen LogP contribution in [0.15, 0.2) is 23.8 Å². The first-order valence-corrected chi connectivity index (χ1v) is 3.73. The molecule has 0 saturated heterocycles. The van der Waals surface area contributed by atoms with Crippen molar-refractivity contribution in [1.29, 1.82) is 0 Å². The van der Waals surface area contributed by atoms with Crippen molar-refractivity contribution in [3.05, 3.63) is 23.8 Å². The monoisotopic (exact) mass is 206 g/mol. The van der Waals surface area contributed by atoms with Crippen LogP contribution in [-0.2, 0) is 9.59 Å². The Morgan fingerprint density at radius 2 is 1.85 bits per heavy atom. The van der Waals surface area contributed by atoms with E-state index in [2.05, 4.69) is 6.58 Å². The predicted octanol–water partition coefficient (Wildman–Crippen LogP) is 1.86. The number of carbonyl (C=O) groups is 2. The fraction of sp³-hybridized carbons (Fsp3) is 0.250. The molecule has 0 fully saturated rings. The summed E-state index contributed by atoms with van der Waals surface area (Å²) in [6.07, 6.45) is 1.26. The molecule has 0 heterocycles. The third-order valence-electron chi connectivity index (χ3n) is 0.793. The summed E-state index contributed by atoms with van der Waals surface area (Å²) in [6.45, 7) is 4.88. The second kappa shape index (κ2) is 8.80. The smallest absolute Gasteiger partial charge is 0.331 e. The zero-order chi connectivity index (χ0) is 10.9. The van der Waals surface area contributed by atoms with E-state index < -0.39 is 18.4 Å². The van der Waals surface area contributed by atoms with Crippen LogP contribution in [0.4, 0.5) is 0 Å². The average molecular weight is 207 g/mol. The SMILES string of the molecule is C=C(CC(=O)O)C(=O)O.CC=CCl. The van der Waals surface area contributed by atoms with Gasteiger partial charge in [0.2, 0.25) is 0 Å². The second-order valence-corrected chi connectivity index (χ2v) is 2.19. The Morgan fingerprint density at radius 1 is 1.46 bits per heavy atom. The molecule has 0 aliphatic heterocycles. The fourth-order valence-corrected chi connectivity index (χ4v) is 0.258. The van der Waals surface area contributed by atoms with Crippen LogP contribution in [-0.4, -0.2) is 22.2 Å². The Bertz CT molecular complexity index is 216. The summed E-state index contributed by atoms with van der Waals surface area (Å²) in [5, 5.41) is 16.1. The van der Waals surface area contributed by atoms with Gasteiger partial charge in [-0.2, -0.15) is 0 Å². The van der Waals surface area contributed by atoms with Crippen LogP contribution < -0.4 is 0 Å². The zero-order valence-corrected chi connectivity index (χ0v) is 7.91. The van der Waals surface area contributed by atoms with Gasteiger partial charge < -0.3 is 10.2 Å². The summed E-state index contributed by atoms with van der Waals surface area (Å²) in [6, 6.07) is 0. The van der Waals surface area contributed by atoms with Crippen molar-refractivity contribution in [3.63, 3.8) is 0 Å². The van der Waals surface area contributed by atoms with E-state index in [0.29, 0.717) is 0 Å². The lowest BCUT2D eigenvalue weighted by molar-refractivity contribution is -0.139. The Labute approximate surface area is 81.1 Å². The Balaban J connectivity index is 0. The Kier molecular flexibility index (Phi) is 9.65. The topological polar surface area (TPSA) is 74.6 Å². The van der Waals surface area contributed by atoms with E-state index in [4.69, 9.17) is 21.8 Å². The standard InChI is InChI=1S/C5H6O4.C3H5Cl/c1-3(5(8)9)2-4(6)7;1-2-3-4/h1-2H2,(H,6,7)(H,8,9);2-3H,1H3. The van der Waals surface area contributed by atoms with Gasteiger partial charge in [0.05, 0.1) is 6.42 Å². The molecule has 0 aromatic carbocycles. The molecule has 0 aliphatic rings. The molecule has 2 N–H and O–H groups in total. The molecular weight excluding hydrogens is 196 g/mol. The van der Waals surface area contributed by atoms with Crippen molar-refractivity contribution < 1.29 is 19.8 Å². The molecule has 0 amide bonds. The molecule has 13 heavy (non-hydrogen) atoms. The molecule has 0 spiro atoms. The molecule has 5 heteroatoms. The van der Waals surface area contributed by atoms with Crippen LogP contribution in [0.25, 0.3) is 0 Å². The van der Waals surface area contributed by atoms with Gasteiger partial charge in [-0.15, -0.1) is 0 Å². The first-order valence-electron chi connectivity index (χ1n) is 3.30. The Hall–Kier alpha value is -1.29. The van der Waals surface area contributed by atoms with E-state index in [9.17, 15) is 9.59 Å². The number of aliphatic carboxylic acids is 2. The highest BCUT2D eigenvalue weighted by Gasteiger charge is 2.07. The maximum Gasteiger partial charge on any atom is 0.331 e. The molecule has 0 bridgehead atoms. The predicted molar refractivity (Wildman–Crippen MR) is 49.7 cm³/mol. The van der Waals surface area contributed by atoms with Crippen LogP contribution in [0.1, 0.15) is 13.3 Å². The van der Waals surface area contributed by atoms with Crippen molar-refractivity contribution in [1.82, 2.24) is 0 Å². The van der Waals surface area contributed by atoms with Gasteiger partial charge in [-0.05, 0) is 12.5 Å². The van der Waals surface area contributed by atoms with E-state index in [1.807, 2.05) is 6.92 Å². The van der Waals surface area contributed by atoms with E-state index in [1.54, 1.807) is 6.08 Å². The third kappa shape index (κ3) is 13.7. The van der Waals surface area contributed by atoms with Crippen molar-refractivity contribution in [3.8, 4) is 0 Å². The summed E-state index contributed by atoms with van der Waals surface area (Å²) in [5.41, 5.74) is 1.17. The van der Waals surface area contributed by atoms with Crippen molar-refractivity contribution in [2.45, 2.75) is 13.3 Å². The molecule has 0 atom stereocenters. The number of hydrogen-bond donors (Lipinski definition) is 2. The Morgan fingerprint density at radius 3 is 1.92 bits per heavy atom. The van der Waals surface area contributed by atoms with Gasteiger partial charge in [-0.1, -0.05) is 24.3 Å². The minimum absolute atomic E-state index is 0.303. The van der Waals surface area contributed by atoms with Crippen LogP contribution in [0.5, 0.6) is 0 Å². The molecule has 0 rings (SSSR count). The lowest BCUT2D eigenvalue weighted by Gasteiger charge is -1.91.